The summed E-state index contributed by atoms with van der Waals surface area (Å²) in [5.74, 6) is 1.41. The number of hydrogen-bond donors (Lipinski definition) is 2. The van der Waals surface area contributed by atoms with Crippen molar-refractivity contribution in [2.75, 3.05) is 13.2 Å². The third-order valence-electron chi connectivity index (χ3n) is 3.17. The summed E-state index contributed by atoms with van der Waals surface area (Å²) < 4.78 is 11.1. The molecule has 5 nitrogen and oxygen atoms in total. The fourth-order valence-corrected chi connectivity index (χ4v) is 1.72. The Morgan fingerprint density at radius 2 is 2.11 bits per heavy atom. The Morgan fingerprint density at radius 3 is 2.79 bits per heavy atom. The molecule has 0 bridgehead atoms. The van der Waals surface area contributed by atoms with E-state index in [9.17, 15) is 4.79 Å². The van der Waals surface area contributed by atoms with E-state index in [0.29, 0.717) is 24.0 Å². The molecule has 2 atom stereocenters. The van der Waals surface area contributed by atoms with Gasteiger partial charge in [-0.3, -0.25) is 4.79 Å². The molecule has 0 aliphatic carbocycles. The molecule has 19 heavy (non-hydrogen) atoms. The van der Waals surface area contributed by atoms with Gasteiger partial charge in [0, 0.05) is 12.6 Å². The molecule has 1 aromatic carbocycles. The molecule has 0 radical (unpaired) electrons. The maximum atomic E-state index is 12.0. The summed E-state index contributed by atoms with van der Waals surface area (Å²) in [7, 11) is 0. The van der Waals surface area contributed by atoms with Crippen molar-refractivity contribution < 1.29 is 14.3 Å². The van der Waals surface area contributed by atoms with Gasteiger partial charge >= 0.3 is 0 Å². The smallest absolute Gasteiger partial charge is 0.264 e. The van der Waals surface area contributed by atoms with Crippen molar-refractivity contribution in [1.29, 1.82) is 0 Å². The second-order valence-electron chi connectivity index (χ2n) is 5.02. The molecule has 1 aliphatic rings. The lowest BCUT2D eigenvalue weighted by Gasteiger charge is -2.26. The van der Waals surface area contributed by atoms with E-state index in [1.807, 2.05) is 32.0 Å². The first-order valence-electron chi connectivity index (χ1n) is 6.49. The quantitative estimate of drug-likeness (QED) is 0.848. The number of nitrogens with one attached hydrogen (secondary N) is 1. The van der Waals surface area contributed by atoms with Crippen molar-refractivity contribution in [1.82, 2.24) is 5.32 Å². The molecule has 104 valence electrons. The van der Waals surface area contributed by atoms with Crippen LogP contribution in [0.1, 0.15) is 13.8 Å². The average molecular weight is 264 g/mol. The molecular formula is C14H20N2O3. The predicted molar refractivity (Wildman–Crippen MR) is 72.2 cm³/mol. The lowest BCUT2D eigenvalue weighted by Crippen LogP contribution is -2.48. The molecule has 0 spiro atoms. The monoisotopic (exact) mass is 264 g/mol. The van der Waals surface area contributed by atoms with Gasteiger partial charge in [0.05, 0.1) is 0 Å². The second kappa shape index (κ2) is 5.93. The highest BCUT2D eigenvalue weighted by Crippen LogP contribution is 2.30. The number of rotatable bonds is 4. The van der Waals surface area contributed by atoms with Crippen LogP contribution in [0.25, 0.3) is 0 Å². The Labute approximate surface area is 113 Å². The van der Waals surface area contributed by atoms with E-state index in [2.05, 4.69) is 5.32 Å². The molecule has 0 fully saturated rings. The molecule has 0 saturated carbocycles. The third-order valence-corrected chi connectivity index (χ3v) is 3.17. The molecule has 0 aromatic heterocycles. The first-order chi connectivity index (χ1) is 9.08. The molecule has 5 heteroatoms. The molecule has 2 unspecified atom stereocenters. The van der Waals surface area contributed by atoms with Crippen molar-refractivity contribution in [2.45, 2.75) is 26.0 Å². The number of fused-ring (bicyclic) bond motifs is 1. The topological polar surface area (TPSA) is 73.6 Å². The predicted octanol–water partition coefficient (Wildman–Crippen LogP) is 0.926. The third kappa shape index (κ3) is 3.38. The Bertz CT molecular complexity index is 448. The molecule has 0 saturated heterocycles. The highest BCUT2D eigenvalue weighted by molar-refractivity contribution is 5.81. The van der Waals surface area contributed by atoms with E-state index in [1.54, 1.807) is 6.07 Å². The number of benzene rings is 1. The second-order valence-corrected chi connectivity index (χ2v) is 5.02. The summed E-state index contributed by atoms with van der Waals surface area (Å²) in [4.78, 5) is 12.0. The van der Waals surface area contributed by atoms with Crippen molar-refractivity contribution in [3.05, 3.63) is 24.3 Å². The molecule has 1 amide bonds. The van der Waals surface area contributed by atoms with Crippen LogP contribution in [0.3, 0.4) is 0 Å². The number of amides is 1. The Hall–Kier alpha value is -1.75. The molecule has 1 aromatic rings. The molecule has 3 N–H and O–H groups in total. The van der Waals surface area contributed by atoms with Crippen molar-refractivity contribution >= 4 is 5.91 Å². The zero-order valence-corrected chi connectivity index (χ0v) is 11.3. The van der Waals surface area contributed by atoms with Gasteiger partial charge in [-0.2, -0.15) is 0 Å². The van der Waals surface area contributed by atoms with Crippen molar-refractivity contribution in [2.24, 2.45) is 11.7 Å². The highest BCUT2D eigenvalue weighted by Gasteiger charge is 2.27. The molecule has 1 aliphatic heterocycles. The minimum atomic E-state index is -0.616. The standard InChI is InChI=1S/C14H20N2O3/c1-9(2)10(15)7-16-14(17)13-8-18-11-5-3-4-6-12(11)19-13/h3-6,9-10,13H,7-8,15H2,1-2H3,(H,16,17). The Kier molecular flexibility index (Phi) is 4.27. The number of para-hydroxylation sites is 2. The summed E-state index contributed by atoms with van der Waals surface area (Å²) >= 11 is 0. The van der Waals surface area contributed by atoms with E-state index >= 15 is 0 Å². The first-order valence-corrected chi connectivity index (χ1v) is 6.49. The van der Waals surface area contributed by atoms with Gasteiger partial charge in [0.1, 0.15) is 6.61 Å². The molecule has 2 rings (SSSR count). The summed E-state index contributed by atoms with van der Waals surface area (Å²) in [5.41, 5.74) is 5.88. The minimum absolute atomic E-state index is 0.0549. The first kappa shape index (κ1) is 13.7. The van der Waals surface area contributed by atoms with Crippen LogP contribution in [0.5, 0.6) is 11.5 Å². The van der Waals surface area contributed by atoms with Gasteiger partial charge in [0.2, 0.25) is 6.10 Å². The van der Waals surface area contributed by atoms with Gasteiger partial charge in [0.25, 0.3) is 5.91 Å². The van der Waals surface area contributed by atoms with Gasteiger partial charge in [0.15, 0.2) is 11.5 Å². The van der Waals surface area contributed by atoms with Crippen LogP contribution in [0, 0.1) is 5.92 Å². The van der Waals surface area contributed by atoms with E-state index < -0.39 is 6.10 Å². The number of carbonyl (C=O) groups excluding carboxylic acids is 1. The van der Waals surface area contributed by atoms with Gasteiger partial charge in [-0.15, -0.1) is 0 Å². The van der Waals surface area contributed by atoms with Crippen molar-refractivity contribution in [3.8, 4) is 11.5 Å². The van der Waals surface area contributed by atoms with Gasteiger partial charge in [-0.1, -0.05) is 26.0 Å². The van der Waals surface area contributed by atoms with E-state index in [4.69, 9.17) is 15.2 Å². The van der Waals surface area contributed by atoms with Gasteiger partial charge < -0.3 is 20.5 Å². The zero-order chi connectivity index (χ0) is 13.8. The van der Waals surface area contributed by atoms with E-state index in [1.165, 1.54) is 0 Å². The summed E-state index contributed by atoms with van der Waals surface area (Å²) in [6, 6.07) is 7.26. The summed E-state index contributed by atoms with van der Waals surface area (Å²) in [5, 5.41) is 2.80. The van der Waals surface area contributed by atoms with E-state index in [-0.39, 0.29) is 18.6 Å². The van der Waals surface area contributed by atoms with Crippen LogP contribution in [0.15, 0.2) is 24.3 Å². The highest BCUT2D eigenvalue weighted by atomic mass is 16.6. The van der Waals surface area contributed by atoms with E-state index in [0.717, 1.165) is 0 Å². The number of ether oxygens (including phenoxy) is 2. The number of carbonyl (C=O) groups is 1. The van der Waals surface area contributed by atoms with Crippen LogP contribution < -0.4 is 20.5 Å². The lowest BCUT2D eigenvalue weighted by molar-refractivity contribution is -0.130. The Morgan fingerprint density at radius 1 is 1.42 bits per heavy atom. The van der Waals surface area contributed by atoms with Gasteiger partial charge in [-0.05, 0) is 18.1 Å². The lowest BCUT2D eigenvalue weighted by atomic mass is 10.1. The maximum absolute atomic E-state index is 12.0. The number of nitrogens with two attached hydrogens (primary N) is 1. The van der Waals surface area contributed by atoms with Gasteiger partial charge in [-0.25, -0.2) is 0 Å². The van der Waals surface area contributed by atoms with Crippen LogP contribution in [-0.2, 0) is 4.79 Å². The normalized spacial score (nSPS) is 19.1. The van der Waals surface area contributed by atoms with Crippen LogP contribution in [-0.4, -0.2) is 31.2 Å². The van der Waals surface area contributed by atoms with Crippen LogP contribution in [0.4, 0.5) is 0 Å². The fraction of sp³-hybridized carbons (Fsp3) is 0.500. The summed E-state index contributed by atoms with van der Waals surface area (Å²) in [6.45, 7) is 4.71. The fourth-order valence-electron chi connectivity index (χ4n) is 1.72. The number of hydrogen-bond acceptors (Lipinski definition) is 4. The minimum Gasteiger partial charge on any atom is -0.485 e. The zero-order valence-electron chi connectivity index (χ0n) is 11.3. The molecule has 1 heterocycles. The van der Waals surface area contributed by atoms with Crippen LogP contribution in [0.2, 0.25) is 0 Å². The average Bonchev–Trinajstić information content (AvgIpc) is 2.43. The van der Waals surface area contributed by atoms with Crippen LogP contribution >= 0.6 is 0 Å². The maximum Gasteiger partial charge on any atom is 0.264 e. The summed E-state index contributed by atoms with van der Waals surface area (Å²) in [6.07, 6.45) is -0.616. The SMILES string of the molecule is CC(C)C(N)CNC(=O)C1COc2ccccc2O1. The Balaban J connectivity index is 1.89. The molecular weight excluding hydrogens is 244 g/mol. The largest absolute Gasteiger partial charge is 0.485 e. The van der Waals surface area contributed by atoms with Crippen molar-refractivity contribution in [3.63, 3.8) is 0 Å².